The van der Waals surface area contributed by atoms with Gasteiger partial charge in [0.2, 0.25) is 0 Å². The van der Waals surface area contributed by atoms with Gasteiger partial charge in [0, 0.05) is 29.0 Å². The Morgan fingerprint density at radius 3 is 2.80 bits per heavy atom. The number of carbonyl (C=O) groups is 1. The highest BCUT2D eigenvalue weighted by Crippen LogP contribution is 2.30. The van der Waals surface area contributed by atoms with Gasteiger partial charge in [-0.3, -0.25) is 4.79 Å². The summed E-state index contributed by atoms with van der Waals surface area (Å²) in [6.45, 7) is 0.574. The van der Waals surface area contributed by atoms with Crippen LogP contribution in [0.3, 0.4) is 0 Å². The molecule has 1 atom stereocenters. The maximum Gasteiger partial charge on any atom is 0.264 e. The molecule has 0 aromatic heterocycles. The fourth-order valence-corrected chi connectivity index (χ4v) is 2.95. The SMILES string of the molecule is COc1cc(NC(=O)C2CCCO2)ccc1S(=O)(=O)Cl. The van der Waals surface area contributed by atoms with Gasteiger partial charge in [-0.1, -0.05) is 0 Å². The highest BCUT2D eigenvalue weighted by atomic mass is 35.7. The molecular weight excluding hydrogens is 306 g/mol. The molecule has 0 radical (unpaired) electrons. The lowest BCUT2D eigenvalue weighted by Gasteiger charge is -2.12. The van der Waals surface area contributed by atoms with Crippen LogP contribution in [0.5, 0.6) is 5.75 Å². The first-order chi connectivity index (χ1) is 9.41. The van der Waals surface area contributed by atoms with Crippen molar-refractivity contribution in [2.24, 2.45) is 0 Å². The van der Waals surface area contributed by atoms with Crippen LogP contribution in [-0.4, -0.2) is 34.1 Å². The van der Waals surface area contributed by atoms with E-state index < -0.39 is 15.2 Å². The lowest BCUT2D eigenvalue weighted by atomic mass is 10.2. The summed E-state index contributed by atoms with van der Waals surface area (Å²) in [6.07, 6.45) is 1.07. The molecule has 2 rings (SSSR count). The van der Waals surface area contributed by atoms with Crippen LogP contribution in [0.15, 0.2) is 23.1 Å². The molecule has 1 saturated heterocycles. The predicted octanol–water partition coefficient (Wildman–Crippen LogP) is 1.74. The fourth-order valence-electron chi connectivity index (χ4n) is 1.95. The first-order valence-electron chi connectivity index (χ1n) is 5.97. The van der Waals surface area contributed by atoms with Gasteiger partial charge < -0.3 is 14.8 Å². The highest BCUT2D eigenvalue weighted by molar-refractivity contribution is 8.13. The van der Waals surface area contributed by atoms with Gasteiger partial charge in [-0.15, -0.1) is 0 Å². The van der Waals surface area contributed by atoms with Gasteiger partial charge in [-0.05, 0) is 25.0 Å². The van der Waals surface area contributed by atoms with Crippen LogP contribution in [0, 0.1) is 0 Å². The quantitative estimate of drug-likeness (QED) is 0.855. The van der Waals surface area contributed by atoms with Crippen LogP contribution in [0.1, 0.15) is 12.8 Å². The van der Waals surface area contributed by atoms with Gasteiger partial charge in [0.05, 0.1) is 7.11 Å². The number of hydrogen-bond acceptors (Lipinski definition) is 5. The Bertz CT molecular complexity index is 610. The smallest absolute Gasteiger partial charge is 0.264 e. The molecule has 1 aromatic carbocycles. The highest BCUT2D eigenvalue weighted by Gasteiger charge is 2.24. The molecule has 1 fully saturated rings. The molecule has 1 aliphatic heterocycles. The number of carbonyl (C=O) groups excluding carboxylic acids is 1. The summed E-state index contributed by atoms with van der Waals surface area (Å²) in [5.41, 5.74) is 0.423. The second-order valence-electron chi connectivity index (χ2n) is 4.29. The molecule has 110 valence electrons. The van der Waals surface area contributed by atoms with Crippen LogP contribution in [0.25, 0.3) is 0 Å². The normalized spacial score (nSPS) is 18.8. The van der Waals surface area contributed by atoms with E-state index in [1.165, 1.54) is 25.3 Å². The molecule has 8 heteroatoms. The second kappa shape index (κ2) is 5.99. The molecule has 1 heterocycles. The van der Waals surface area contributed by atoms with Gasteiger partial charge in [0.15, 0.2) is 0 Å². The molecule has 6 nitrogen and oxygen atoms in total. The molecule has 1 aromatic rings. The predicted molar refractivity (Wildman–Crippen MR) is 73.6 cm³/mol. The van der Waals surface area contributed by atoms with Crippen molar-refractivity contribution in [1.82, 2.24) is 0 Å². The van der Waals surface area contributed by atoms with Crippen LogP contribution < -0.4 is 10.1 Å². The van der Waals surface area contributed by atoms with Gasteiger partial charge in [-0.2, -0.15) is 0 Å². The van der Waals surface area contributed by atoms with E-state index >= 15 is 0 Å². The number of halogens is 1. The molecule has 0 bridgehead atoms. The summed E-state index contributed by atoms with van der Waals surface area (Å²) in [4.78, 5) is 11.7. The molecule has 1 unspecified atom stereocenters. The number of nitrogens with one attached hydrogen (secondary N) is 1. The number of rotatable bonds is 4. The summed E-state index contributed by atoms with van der Waals surface area (Å²) >= 11 is 0. The first-order valence-corrected chi connectivity index (χ1v) is 8.28. The van der Waals surface area contributed by atoms with Crippen molar-refractivity contribution in [2.75, 3.05) is 19.0 Å². The zero-order valence-corrected chi connectivity index (χ0v) is 12.3. The molecule has 1 amide bonds. The fraction of sp³-hybridized carbons (Fsp3) is 0.417. The Hall–Kier alpha value is -1.31. The van der Waals surface area contributed by atoms with Crippen molar-refractivity contribution in [1.29, 1.82) is 0 Å². The Morgan fingerprint density at radius 2 is 2.25 bits per heavy atom. The largest absolute Gasteiger partial charge is 0.495 e. The molecule has 20 heavy (non-hydrogen) atoms. The van der Waals surface area contributed by atoms with Gasteiger partial charge in [0.1, 0.15) is 16.7 Å². The molecule has 0 spiro atoms. The van der Waals surface area contributed by atoms with E-state index in [1.54, 1.807) is 0 Å². The van der Waals surface area contributed by atoms with Gasteiger partial charge in [-0.25, -0.2) is 8.42 Å². The van der Waals surface area contributed by atoms with Crippen LogP contribution in [0.4, 0.5) is 5.69 Å². The molecule has 1 N–H and O–H groups in total. The Labute approximate surface area is 121 Å². The summed E-state index contributed by atoms with van der Waals surface area (Å²) in [6, 6.07) is 4.14. The van der Waals surface area contributed by atoms with Crippen LogP contribution in [0.2, 0.25) is 0 Å². The Kier molecular flexibility index (Phi) is 4.52. The Balaban J connectivity index is 2.19. The van der Waals surface area contributed by atoms with E-state index in [0.717, 1.165) is 6.42 Å². The van der Waals surface area contributed by atoms with Crippen molar-refractivity contribution >= 4 is 31.3 Å². The average Bonchev–Trinajstić information content (AvgIpc) is 2.91. The minimum atomic E-state index is -3.90. The van der Waals surface area contributed by atoms with Crippen LogP contribution in [-0.2, 0) is 18.6 Å². The van der Waals surface area contributed by atoms with Crippen molar-refractivity contribution in [2.45, 2.75) is 23.8 Å². The topological polar surface area (TPSA) is 81.7 Å². The van der Waals surface area contributed by atoms with Crippen molar-refractivity contribution in [3.8, 4) is 5.75 Å². The van der Waals surface area contributed by atoms with E-state index in [-0.39, 0.29) is 16.6 Å². The van der Waals surface area contributed by atoms with Crippen molar-refractivity contribution < 1.29 is 22.7 Å². The maximum atomic E-state index is 11.9. The van der Waals surface area contributed by atoms with Gasteiger partial charge in [0.25, 0.3) is 15.0 Å². The number of anilines is 1. The van der Waals surface area contributed by atoms with Crippen molar-refractivity contribution in [3.63, 3.8) is 0 Å². The molecule has 1 aliphatic rings. The lowest BCUT2D eigenvalue weighted by Crippen LogP contribution is -2.26. The minimum Gasteiger partial charge on any atom is -0.495 e. The minimum absolute atomic E-state index is 0.0742. The zero-order valence-electron chi connectivity index (χ0n) is 10.8. The summed E-state index contributed by atoms with van der Waals surface area (Å²) in [7, 11) is 2.72. The molecule has 0 saturated carbocycles. The van der Waals surface area contributed by atoms with E-state index in [0.29, 0.717) is 18.7 Å². The third kappa shape index (κ3) is 3.41. The molecular formula is C12H14ClNO5S. The van der Waals surface area contributed by atoms with E-state index in [9.17, 15) is 13.2 Å². The standard InChI is InChI=1S/C12H14ClNO5S/c1-18-10-7-8(4-5-11(10)20(13,16)17)14-12(15)9-3-2-6-19-9/h4-5,7,9H,2-3,6H2,1H3,(H,14,15). The van der Waals surface area contributed by atoms with Crippen LogP contribution >= 0.6 is 10.7 Å². The van der Waals surface area contributed by atoms with E-state index in [1.807, 2.05) is 0 Å². The van der Waals surface area contributed by atoms with Crippen molar-refractivity contribution in [3.05, 3.63) is 18.2 Å². The summed E-state index contributed by atoms with van der Waals surface area (Å²) in [5, 5.41) is 2.66. The van der Waals surface area contributed by atoms with Gasteiger partial charge >= 0.3 is 0 Å². The number of amides is 1. The van der Waals surface area contributed by atoms with E-state index in [4.69, 9.17) is 20.2 Å². The second-order valence-corrected chi connectivity index (χ2v) is 6.83. The molecule has 0 aliphatic carbocycles. The average molecular weight is 320 g/mol. The summed E-state index contributed by atoms with van der Waals surface area (Å²) < 4.78 is 32.9. The Morgan fingerprint density at radius 1 is 1.50 bits per heavy atom. The number of ether oxygens (including phenoxy) is 2. The summed E-state index contributed by atoms with van der Waals surface area (Å²) in [5.74, 6) is -0.184. The number of hydrogen-bond donors (Lipinski definition) is 1. The lowest BCUT2D eigenvalue weighted by molar-refractivity contribution is -0.124. The zero-order chi connectivity index (χ0) is 14.8. The maximum absolute atomic E-state index is 11.9. The number of methoxy groups -OCH3 is 1. The third-order valence-electron chi connectivity index (χ3n) is 2.92. The van der Waals surface area contributed by atoms with E-state index in [2.05, 4.69) is 5.32 Å². The monoisotopic (exact) mass is 319 g/mol. The number of benzene rings is 1. The third-order valence-corrected chi connectivity index (χ3v) is 4.28. The first kappa shape index (κ1) is 15.1.